The molecule has 10 rings (SSSR count). The van der Waals surface area contributed by atoms with Crippen molar-refractivity contribution in [3.63, 3.8) is 0 Å². The minimum Gasteiger partial charge on any atom is -0.504 e. The van der Waals surface area contributed by atoms with Crippen LogP contribution in [0.3, 0.4) is 0 Å². The van der Waals surface area contributed by atoms with Gasteiger partial charge in [0.15, 0.2) is 29.2 Å². The van der Waals surface area contributed by atoms with E-state index in [0.717, 1.165) is 73.3 Å². The Kier molecular flexibility index (Phi) is 19.1. The molecule has 11 atom stereocenters. The number of aromatic nitrogens is 1. The van der Waals surface area contributed by atoms with E-state index in [0.29, 0.717) is 77.4 Å². The summed E-state index contributed by atoms with van der Waals surface area (Å²) >= 11 is 0. The van der Waals surface area contributed by atoms with Crippen molar-refractivity contribution in [2.45, 2.75) is 121 Å². The number of anilines is 1. The smallest absolute Gasteiger partial charge is 0.173 e. The van der Waals surface area contributed by atoms with Crippen molar-refractivity contribution in [1.29, 1.82) is 0 Å². The van der Waals surface area contributed by atoms with Gasteiger partial charge in [0.05, 0.1) is 25.2 Å². The number of hydrogen-bond donors (Lipinski definition) is 9. The molecule has 9 N–H and O–H groups in total. The summed E-state index contributed by atoms with van der Waals surface area (Å²) in [6, 6.07) is 36.8. The van der Waals surface area contributed by atoms with E-state index in [4.69, 9.17) is 4.74 Å². The number of aromatic hydroxyl groups is 1. The number of phenols is 1. The van der Waals surface area contributed by atoms with Crippen molar-refractivity contribution in [2.24, 2.45) is 35.5 Å². The molecule has 430 valence electrons. The van der Waals surface area contributed by atoms with E-state index in [1.54, 1.807) is 12.1 Å². The summed E-state index contributed by atoms with van der Waals surface area (Å²) in [4.78, 5) is 33.1. The number of benzene rings is 5. The van der Waals surface area contributed by atoms with Crippen LogP contribution in [0.1, 0.15) is 122 Å². The molecular formula is C70H82N4O8. The first-order valence-corrected chi connectivity index (χ1v) is 29.9. The Morgan fingerprint density at radius 2 is 1.60 bits per heavy atom. The molecule has 0 unspecified atom stereocenters. The molecule has 2 aliphatic carbocycles. The molecule has 3 heterocycles. The molecule has 82 heavy (non-hydrogen) atoms. The summed E-state index contributed by atoms with van der Waals surface area (Å²) in [7, 11) is 1.48. The number of H-pyrrole nitrogens is 1. The molecule has 0 radical (unpaired) electrons. The maximum atomic E-state index is 15.3. The lowest BCUT2D eigenvalue weighted by Gasteiger charge is -2.36. The zero-order valence-corrected chi connectivity index (χ0v) is 47.7. The number of methoxy groups -OCH3 is 1. The van der Waals surface area contributed by atoms with Gasteiger partial charge < -0.3 is 51.2 Å². The summed E-state index contributed by atoms with van der Waals surface area (Å²) in [6.07, 6.45) is 8.91. The Labute approximate surface area is 483 Å². The third-order valence-corrected chi connectivity index (χ3v) is 18.1. The van der Waals surface area contributed by atoms with Crippen LogP contribution in [0, 0.1) is 47.3 Å². The molecule has 4 aliphatic rings. The van der Waals surface area contributed by atoms with Crippen molar-refractivity contribution in [2.75, 3.05) is 38.7 Å². The topological polar surface area (TPSA) is 196 Å². The van der Waals surface area contributed by atoms with Gasteiger partial charge in [-0.2, -0.15) is 0 Å². The number of Topliss-reactive ketones (excluding diaryl/α,β-unsaturated/α-hetero) is 2. The molecule has 1 fully saturated rings. The first-order valence-electron chi connectivity index (χ1n) is 29.9. The predicted octanol–water partition coefficient (Wildman–Crippen LogP) is 10.2. The normalized spacial score (nSPS) is 26.5. The van der Waals surface area contributed by atoms with Crippen LogP contribution < -0.4 is 20.7 Å². The molecule has 0 saturated heterocycles. The number of aromatic amines is 1. The van der Waals surface area contributed by atoms with Crippen LogP contribution in [-0.4, -0.2) is 93.7 Å². The molecule has 9 bridgehead atoms. The van der Waals surface area contributed by atoms with E-state index in [1.165, 1.54) is 12.7 Å². The fourth-order valence-corrected chi connectivity index (χ4v) is 13.8. The number of hydrogen-bond acceptors (Lipinski definition) is 11. The number of ether oxygens (including phenoxy) is 1. The Morgan fingerprint density at radius 3 is 2.38 bits per heavy atom. The number of ketones is 2. The van der Waals surface area contributed by atoms with Crippen molar-refractivity contribution in [3.8, 4) is 23.3 Å². The van der Waals surface area contributed by atoms with Gasteiger partial charge in [-0.15, -0.1) is 0 Å². The average Bonchev–Trinajstić information content (AvgIpc) is 3.96. The SMILES string of the molecule is CCC[C@H]1[C@@H]2C[C@H](C[C@H]3C#C[C@@H](c4ccccc4)c4cc(O)c(OC)cc4CCC(=O)[C@H](O)C(=O)[C@@H]3C2)[C@H](CCCO)C2=CCNC(=C2)Nc2cc3cc(ccc3cc2Cc2ccccc2)C[C@H](O)CNC[C@@H](C)c2c[nH]c(c2)C[C@H]1O. The minimum atomic E-state index is -1.87. The van der Waals surface area contributed by atoms with Crippen molar-refractivity contribution in [1.82, 2.24) is 15.6 Å². The third kappa shape index (κ3) is 13.7. The summed E-state index contributed by atoms with van der Waals surface area (Å²) in [5.74, 6) is 4.75. The van der Waals surface area contributed by atoms with Crippen LogP contribution in [0.5, 0.6) is 11.5 Å². The number of rotatable bonds is 9. The van der Waals surface area contributed by atoms with Crippen LogP contribution in [0.25, 0.3) is 10.8 Å². The largest absolute Gasteiger partial charge is 0.504 e. The maximum Gasteiger partial charge on any atom is 0.173 e. The van der Waals surface area contributed by atoms with Crippen LogP contribution in [0.15, 0.2) is 139 Å². The third-order valence-electron chi connectivity index (χ3n) is 18.1. The number of phenolic OH excluding ortho intramolecular Hbond substituents is 1. The number of nitrogens with one attached hydrogen (secondary N) is 4. The van der Waals surface area contributed by atoms with E-state index >= 15 is 4.79 Å². The lowest BCUT2D eigenvalue weighted by atomic mass is 9.71. The zero-order valence-electron chi connectivity index (χ0n) is 47.7. The second-order valence-corrected chi connectivity index (χ2v) is 23.8. The minimum absolute atomic E-state index is 0.00954. The van der Waals surface area contributed by atoms with E-state index in [-0.39, 0.29) is 60.5 Å². The number of fused-ring (bicyclic) bond motifs is 9. The average molecular weight is 1110 g/mol. The summed E-state index contributed by atoms with van der Waals surface area (Å²) in [5, 5.41) is 71.2. The number of aliphatic hydroxyl groups excluding tert-OH is 4. The number of carbonyl (C=O) groups is 2. The fraction of sp³-hybridized carbons (Fsp3) is 0.429. The molecule has 2 aliphatic heterocycles. The molecule has 12 nitrogen and oxygen atoms in total. The lowest BCUT2D eigenvalue weighted by molar-refractivity contribution is -0.142. The van der Waals surface area contributed by atoms with E-state index < -0.39 is 47.6 Å². The summed E-state index contributed by atoms with van der Waals surface area (Å²) in [6.45, 7) is 5.90. The second-order valence-electron chi connectivity index (χ2n) is 23.8. The van der Waals surface area contributed by atoms with Gasteiger partial charge in [-0.1, -0.05) is 117 Å². The van der Waals surface area contributed by atoms with E-state index in [9.17, 15) is 30.3 Å². The van der Waals surface area contributed by atoms with Crippen molar-refractivity contribution in [3.05, 3.63) is 184 Å². The van der Waals surface area contributed by atoms with E-state index in [2.05, 4.69) is 119 Å². The number of aryl methyl sites for hydroxylation is 1. The van der Waals surface area contributed by atoms with Crippen molar-refractivity contribution >= 4 is 28.0 Å². The highest BCUT2D eigenvalue weighted by atomic mass is 16.5. The molecule has 12 heteroatoms. The fourth-order valence-electron chi connectivity index (χ4n) is 13.8. The number of carbonyl (C=O) groups excluding carboxylic acids is 2. The number of allylic oxidation sites excluding steroid dienone is 2. The van der Waals surface area contributed by atoms with Crippen LogP contribution in [0.4, 0.5) is 5.69 Å². The Hall–Kier alpha value is -6.98. The molecule has 5 aromatic carbocycles. The maximum absolute atomic E-state index is 15.3. The summed E-state index contributed by atoms with van der Waals surface area (Å²) < 4.78 is 5.56. The van der Waals surface area contributed by atoms with Crippen LogP contribution >= 0.6 is 0 Å². The number of dihydropyridines is 1. The lowest BCUT2D eigenvalue weighted by Crippen LogP contribution is -2.40. The zero-order chi connectivity index (χ0) is 57.3. The van der Waals surface area contributed by atoms with E-state index in [1.807, 2.05) is 42.6 Å². The van der Waals surface area contributed by atoms with Gasteiger partial charge in [0, 0.05) is 68.5 Å². The standard InChI is InChI=1S/C70H82N4O8/c1-4-12-60-53-32-52(31-48-20-22-59(46-15-9-6-10-16-46)61-39-66(79)67(82-3)36-49(61)21-23-64(77)70(81)69(80)62(48)34-53)58(17-11-26-75)50-24-25-72-68(37-50)74-63-35-51-28-45(18-19-47(51)30-54(63)27-44-13-7-5-8-14-44)29-57(76)42-71-40-43(2)55-33-56(73-41-55)38-65(60)78/h5-10,13-16,18-19,24,28,30,33,35-37,39,41,43,48,52-53,57-60,62,65,70-76,78-79,81H,4,11-12,17,21,23,25-27,29,31-32,34,38,40,42H2,1-3H3/t43-,48-,52+,53-,57+,58-,59+,60+,62-,65-,70+/m1/s1. The van der Waals surface area contributed by atoms with Gasteiger partial charge in [0.1, 0.15) is 5.82 Å². The quantitative estimate of drug-likeness (QED) is 0.0494. The van der Waals surface area contributed by atoms with Crippen LogP contribution in [-0.2, 0) is 35.3 Å². The number of aliphatic hydroxyl groups is 4. The Bertz CT molecular complexity index is 3300. The molecule has 1 saturated carbocycles. The van der Waals surface area contributed by atoms with Crippen LogP contribution in [0.2, 0.25) is 0 Å². The first kappa shape index (κ1) is 58.2. The molecule has 6 aromatic rings. The highest BCUT2D eigenvalue weighted by molar-refractivity contribution is 6.06. The number of β-amino-alcohol motifs (C(OH)–C–C–N with tert-alkyl or cyclic N) is 1. The van der Waals surface area contributed by atoms with Gasteiger partial charge in [-0.25, -0.2) is 0 Å². The molecular weight excluding hydrogens is 1020 g/mol. The summed E-state index contributed by atoms with van der Waals surface area (Å²) in [5.41, 5.74) is 9.77. The van der Waals surface area contributed by atoms with Gasteiger partial charge in [0.25, 0.3) is 0 Å². The van der Waals surface area contributed by atoms with Gasteiger partial charge >= 0.3 is 0 Å². The van der Waals surface area contributed by atoms with Gasteiger partial charge in [-0.3, -0.25) is 9.59 Å². The van der Waals surface area contributed by atoms with Crippen molar-refractivity contribution < 1.29 is 39.9 Å². The second kappa shape index (κ2) is 26.9. The first-order chi connectivity index (χ1) is 39.9. The van der Waals surface area contributed by atoms with Gasteiger partial charge in [0.2, 0.25) is 0 Å². The molecule has 0 spiro atoms. The Morgan fingerprint density at radius 1 is 0.793 bits per heavy atom. The highest BCUT2D eigenvalue weighted by Crippen LogP contribution is 2.48. The molecule has 1 aromatic heterocycles. The highest BCUT2D eigenvalue weighted by Gasteiger charge is 2.45. The predicted molar refractivity (Wildman–Crippen MR) is 324 cm³/mol. The Balaban J connectivity index is 1.12. The molecule has 0 amide bonds. The van der Waals surface area contributed by atoms with Gasteiger partial charge in [-0.05, 0) is 179 Å². The monoisotopic (exact) mass is 1110 g/mol.